The normalized spacial score (nSPS) is 9.82. The Bertz CT molecular complexity index is 1090. The van der Waals surface area contributed by atoms with Gasteiger partial charge in [0, 0.05) is 12.1 Å². The Labute approximate surface area is 188 Å². The van der Waals surface area contributed by atoms with Crippen molar-refractivity contribution in [3.63, 3.8) is 0 Å². The monoisotopic (exact) mass is 454 g/mol. The van der Waals surface area contributed by atoms with Gasteiger partial charge in [0.2, 0.25) is 0 Å². The first kappa shape index (κ1) is 24.6. The summed E-state index contributed by atoms with van der Waals surface area (Å²) in [5.41, 5.74) is 0.369. The zero-order valence-corrected chi connectivity index (χ0v) is 17.7. The van der Waals surface area contributed by atoms with Gasteiger partial charge in [-0.1, -0.05) is 12.1 Å². The second-order valence-corrected chi connectivity index (χ2v) is 6.34. The molecule has 2 rings (SSSR count). The zero-order chi connectivity index (χ0) is 24.4. The molecule has 0 radical (unpaired) electrons. The van der Waals surface area contributed by atoms with Crippen molar-refractivity contribution >= 4 is 18.0 Å². The van der Waals surface area contributed by atoms with E-state index >= 15 is 0 Å². The quantitative estimate of drug-likeness (QED) is 0.242. The summed E-state index contributed by atoms with van der Waals surface area (Å²) in [6.45, 7) is 2.60. The minimum absolute atomic E-state index is 0.0261. The highest BCUT2D eigenvalue weighted by atomic mass is 16.7. The van der Waals surface area contributed by atoms with Gasteiger partial charge in [-0.2, -0.15) is 10.5 Å². The molecule has 1 aromatic carbocycles. The number of benzene rings is 1. The summed E-state index contributed by atoms with van der Waals surface area (Å²) in [7, 11) is 0. The number of aromatic nitrogens is 1. The second kappa shape index (κ2) is 11.6. The summed E-state index contributed by atoms with van der Waals surface area (Å²) >= 11 is 0. The van der Waals surface area contributed by atoms with E-state index in [0.717, 1.165) is 0 Å². The molecule has 0 aliphatic rings. The predicted molar refractivity (Wildman–Crippen MR) is 110 cm³/mol. The number of nitro benzene ring substituents is 1. The van der Waals surface area contributed by atoms with Crippen LogP contribution in [-0.2, 0) is 9.47 Å². The number of nitriles is 2. The fourth-order valence-electron chi connectivity index (χ4n) is 2.69. The molecular formula is C21H18N4O8. The average molecular weight is 454 g/mol. The molecule has 0 N–H and O–H groups in total. The lowest BCUT2D eigenvalue weighted by Crippen LogP contribution is -2.16. The van der Waals surface area contributed by atoms with E-state index in [1.54, 1.807) is 0 Å². The molecule has 0 aliphatic carbocycles. The van der Waals surface area contributed by atoms with Crippen molar-refractivity contribution in [2.24, 2.45) is 0 Å². The van der Waals surface area contributed by atoms with Gasteiger partial charge in [0.05, 0.1) is 46.9 Å². The predicted octanol–water partition coefficient (Wildman–Crippen LogP) is 4.13. The van der Waals surface area contributed by atoms with Crippen LogP contribution in [-0.4, -0.2) is 35.4 Å². The summed E-state index contributed by atoms with van der Waals surface area (Å²) < 4.78 is 20.2. The molecule has 0 spiro atoms. The summed E-state index contributed by atoms with van der Waals surface area (Å²) in [6, 6.07) is 8.98. The molecule has 2 aromatic rings. The molecule has 0 aliphatic heterocycles. The van der Waals surface area contributed by atoms with Gasteiger partial charge >= 0.3 is 12.3 Å². The van der Waals surface area contributed by atoms with Crippen molar-refractivity contribution < 1.29 is 33.5 Å². The fraction of sp³-hybridized carbons (Fsp3) is 0.286. The van der Waals surface area contributed by atoms with Gasteiger partial charge in [0.15, 0.2) is 11.5 Å². The highest BCUT2D eigenvalue weighted by Crippen LogP contribution is 2.43. The average Bonchev–Trinajstić information content (AvgIpc) is 2.77. The minimum atomic E-state index is -1.15. The van der Waals surface area contributed by atoms with E-state index in [1.807, 2.05) is 12.1 Å². The molecule has 0 saturated carbocycles. The first-order chi connectivity index (χ1) is 15.8. The maximum atomic E-state index is 12.1. The number of pyridine rings is 1. The molecular weight excluding hydrogens is 436 g/mol. The summed E-state index contributed by atoms with van der Waals surface area (Å²) in [5.74, 6) is -0.328. The third-order valence-corrected chi connectivity index (χ3v) is 4.03. The number of carbonyl (C=O) groups is 2. The van der Waals surface area contributed by atoms with E-state index in [4.69, 9.17) is 29.5 Å². The van der Waals surface area contributed by atoms with Crippen LogP contribution in [0.2, 0.25) is 0 Å². The SMILES string of the molecule is Cc1nc(C)c(OC(=O)OCCC#N)c(-c2cccc([N+](=O)[O-])c2)c1OC(=O)OCCC#N. The van der Waals surface area contributed by atoms with Gasteiger partial charge in [-0.05, 0) is 19.4 Å². The van der Waals surface area contributed by atoms with Crippen LogP contribution < -0.4 is 9.47 Å². The lowest BCUT2D eigenvalue weighted by molar-refractivity contribution is -0.384. The molecule has 1 heterocycles. The van der Waals surface area contributed by atoms with E-state index in [9.17, 15) is 19.7 Å². The van der Waals surface area contributed by atoms with Crippen molar-refractivity contribution in [1.82, 2.24) is 4.98 Å². The van der Waals surface area contributed by atoms with E-state index in [2.05, 4.69) is 4.98 Å². The molecule has 33 heavy (non-hydrogen) atoms. The number of ether oxygens (including phenoxy) is 4. The number of carbonyl (C=O) groups excluding carboxylic acids is 2. The van der Waals surface area contributed by atoms with Crippen LogP contribution in [0.15, 0.2) is 24.3 Å². The van der Waals surface area contributed by atoms with Crippen LogP contribution in [0.1, 0.15) is 24.2 Å². The molecule has 1 aromatic heterocycles. The summed E-state index contributed by atoms with van der Waals surface area (Å²) in [5, 5.41) is 28.4. The number of aryl methyl sites for hydroxylation is 2. The smallest absolute Gasteiger partial charge is 0.433 e. The number of hydrogen-bond donors (Lipinski definition) is 0. The largest absolute Gasteiger partial charge is 0.513 e. The first-order valence-corrected chi connectivity index (χ1v) is 9.47. The van der Waals surface area contributed by atoms with E-state index in [-0.39, 0.29) is 65.8 Å². The maximum absolute atomic E-state index is 12.1. The molecule has 0 atom stereocenters. The standard InChI is InChI=1S/C21H18N4O8/c1-13-18(32-20(26)30-10-4-8-22)17(15-6-3-7-16(12-15)25(28)29)19(14(2)24-13)33-21(27)31-11-5-9-23/h3,6-7,12H,4-5,10-11H2,1-2H3. The third-order valence-electron chi connectivity index (χ3n) is 4.03. The highest BCUT2D eigenvalue weighted by molar-refractivity contribution is 5.84. The Balaban J connectivity index is 2.58. The molecule has 0 saturated heterocycles. The van der Waals surface area contributed by atoms with Gasteiger partial charge in [0.25, 0.3) is 5.69 Å². The Hall–Kier alpha value is -4.71. The van der Waals surface area contributed by atoms with Crippen molar-refractivity contribution in [3.8, 4) is 34.8 Å². The highest BCUT2D eigenvalue weighted by Gasteiger charge is 2.26. The van der Waals surface area contributed by atoms with Crippen molar-refractivity contribution in [2.45, 2.75) is 26.7 Å². The van der Waals surface area contributed by atoms with Crippen LogP contribution in [0.4, 0.5) is 15.3 Å². The van der Waals surface area contributed by atoms with Gasteiger partial charge in [-0.15, -0.1) is 0 Å². The zero-order valence-electron chi connectivity index (χ0n) is 17.7. The third kappa shape index (κ3) is 6.63. The van der Waals surface area contributed by atoms with Gasteiger partial charge in [-0.3, -0.25) is 15.1 Å². The molecule has 0 fully saturated rings. The Morgan fingerprint density at radius 3 is 1.97 bits per heavy atom. The van der Waals surface area contributed by atoms with E-state index < -0.39 is 17.2 Å². The molecule has 0 bridgehead atoms. The maximum Gasteiger partial charge on any atom is 0.513 e. The molecule has 12 nitrogen and oxygen atoms in total. The molecule has 0 unspecified atom stereocenters. The Kier molecular flexibility index (Phi) is 8.65. The molecule has 0 amide bonds. The lowest BCUT2D eigenvalue weighted by Gasteiger charge is -2.18. The van der Waals surface area contributed by atoms with Crippen molar-refractivity contribution in [1.29, 1.82) is 10.5 Å². The Morgan fingerprint density at radius 2 is 1.52 bits per heavy atom. The second-order valence-electron chi connectivity index (χ2n) is 6.34. The van der Waals surface area contributed by atoms with Gasteiger partial charge in [-0.25, -0.2) is 9.59 Å². The fourth-order valence-corrected chi connectivity index (χ4v) is 2.69. The number of nitrogens with zero attached hydrogens (tertiary/aromatic N) is 4. The Morgan fingerprint density at radius 1 is 1.00 bits per heavy atom. The summed E-state index contributed by atoms with van der Waals surface area (Å²) in [6.07, 6.45) is -2.40. The minimum Gasteiger partial charge on any atom is -0.433 e. The van der Waals surface area contributed by atoms with Crippen LogP contribution in [0.5, 0.6) is 11.5 Å². The van der Waals surface area contributed by atoms with Crippen LogP contribution in [0.3, 0.4) is 0 Å². The van der Waals surface area contributed by atoms with E-state index in [0.29, 0.717) is 0 Å². The number of non-ortho nitro benzene ring substituents is 1. The van der Waals surface area contributed by atoms with E-state index in [1.165, 1.54) is 38.1 Å². The van der Waals surface area contributed by atoms with Gasteiger partial charge in [0.1, 0.15) is 13.2 Å². The molecule has 12 heteroatoms. The topological polar surface area (TPSA) is 175 Å². The van der Waals surface area contributed by atoms with Crippen LogP contribution >= 0.6 is 0 Å². The summed E-state index contributed by atoms with van der Waals surface area (Å²) in [4.78, 5) is 39.1. The van der Waals surface area contributed by atoms with Gasteiger partial charge < -0.3 is 18.9 Å². The number of hydrogen-bond acceptors (Lipinski definition) is 11. The number of nitro groups is 1. The molecule has 170 valence electrons. The van der Waals surface area contributed by atoms with Crippen LogP contribution in [0.25, 0.3) is 11.1 Å². The lowest BCUT2D eigenvalue weighted by atomic mass is 10.0. The van der Waals surface area contributed by atoms with Crippen molar-refractivity contribution in [2.75, 3.05) is 13.2 Å². The van der Waals surface area contributed by atoms with Crippen LogP contribution in [0, 0.1) is 46.6 Å². The number of rotatable bonds is 8. The first-order valence-electron chi connectivity index (χ1n) is 9.47. The van der Waals surface area contributed by atoms with Crippen molar-refractivity contribution in [3.05, 3.63) is 45.8 Å².